The number of nitrogens with two attached hydrogens (primary N) is 1. The molecule has 1 amide bonds. The van der Waals surface area contributed by atoms with Gasteiger partial charge in [-0.05, 0) is 12.1 Å². The third kappa shape index (κ3) is 3.62. The summed E-state index contributed by atoms with van der Waals surface area (Å²) >= 11 is 1.52. The molecule has 4 heteroatoms. The topological polar surface area (TPSA) is 60.2 Å². The molecule has 1 aromatic carbocycles. The van der Waals surface area contributed by atoms with Gasteiger partial charge in [-0.15, -0.1) is 11.8 Å². The lowest BCUT2D eigenvalue weighted by atomic mass is 10.2. The molecule has 14 heavy (non-hydrogen) atoms. The van der Waals surface area contributed by atoms with E-state index in [4.69, 9.17) is 5.73 Å². The van der Waals surface area contributed by atoms with E-state index in [-0.39, 0.29) is 5.91 Å². The molecule has 0 aromatic heterocycles. The molecule has 0 saturated carbocycles. The molecule has 1 aromatic rings. The van der Waals surface area contributed by atoms with Crippen LogP contribution in [0.25, 0.3) is 0 Å². The van der Waals surface area contributed by atoms with E-state index in [1.165, 1.54) is 11.8 Å². The van der Waals surface area contributed by atoms with Crippen LogP contribution in [0.15, 0.2) is 29.2 Å². The van der Waals surface area contributed by atoms with Crippen LogP contribution in [-0.2, 0) is 4.79 Å². The van der Waals surface area contributed by atoms with Gasteiger partial charge in [0.05, 0.1) is 0 Å². The van der Waals surface area contributed by atoms with E-state index in [0.29, 0.717) is 17.7 Å². The van der Waals surface area contributed by atoms with Crippen molar-refractivity contribution in [3.05, 3.63) is 29.8 Å². The van der Waals surface area contributed by atoms with Gasteiger partial charge >= 0.3 is 0 Å². The van der Waals surface area contributed by atoms with Crippen LogP contribution in [0.1, 0.15) is 16.8 Å². The summed E-state index contributed by atoms with van der Waals surface area (Å²) in [7, 11) is 0. The van der Waals surface area contributed by atoms with Gasteiger partial charge in [-0.2, -0.15) is 0 Å². The van der Waals surface area contributed by atoms with Gasteiger partial charge in [0, 0.05) is 22.6 Å². The fraction of sp³-hybridized carbons (Fsp3) is 0.200. The quantitative estimate of drug-likeness (QED) is 0.590. The van der Waals surface area contributed by atoms with Crippen molar-refractivity contribution in [3.63, 3.8) is 0 Å². The number of primary amides is 1. The summed E-state index contributed by atoms with van der Waals surface area (Å²) in [5.41, 5.74) is 5.65. The van der Waals surface area contributed by atoms with Gasteiger partial charge in [-0.25, -0.2) is 0 Å². The Morgan fingerprint density at radius 2 is 2.29 bits per heavy atom. The zero-order chi connectivity index (χ0) is 10.4. The Balaban J connectivity index is 2.50. The van der Waals surface area contributed by atoms with Crippen LogP contribution in [-0.4, -0.2) is 17.9 Å². The van der Waals surface area contributed by atoms with Gasteiger partial charge in [0.15, 0.2) is 0 Å². The minimum atomic E-state index is -0.302. The standard InChI is InChI=1S/C10H11NO2S/c11-10(13)4-5-14-9-3-1-2-8(6-9)7-12/h1-3,6-7H,4-5H2,(H2,11,13). The average Bonchev–Trinajstić information content (AvgIpc) is 2.18. The van der Waals surface area contributed by atoms with E-state index in [2.05, 4.69) is 0 Å². The molecular weight excluding hydrogens is 198 g/mol. The van der Waals surface area contributed by atoms with Crippen molar-refractivity contribution in [2.45, 2.75) is 11.3 Å². The number of hydrogen-bond acceptors (Lipinski definition) is 3. The van der Waals surface area contributed by atoms with Gasteiger partial charge in [0.1, 0.15) is 6.29 Å². The number of carbonyl (C=O) groups excluding carboxylic acids is 2. The number of aldehydes is 1. The normalized spacial score (nSPS) is 9.71. The summed E-state index contributed by atoms with van der Waals surface area (Å²) in [6.07, 6.45) is 1.16. The second-order valence-corrected chi connectivity index (χ2v) is 3.92. The van der Waals surface area contributed by atoms with Crippen LogP contribution in [0.5, 0.6) is 0 Å². The second kappa shape index (κ2) is 5.44. The van der Waals surface area contributed by atoms with Crippen LogP contribution >= 0.6 is 11.8 Å². The summed E-state index contributed by atoms with van der Waals surface area (Å²) in [6.45, 7) is 0. The smallest absolute Gasteiger partial charge is 0.218 e. The van der Waals surface area contributed by atoms with Crippen LogP contribution in [0, 0.1) is 0 Å². The van der Waals surface area contributed by atoms with Gasteiger partial charge in [-0.1, -0.05) is 12.1 Å². The number of rotatable bonds is 5. The summed E-state index contributed by atoms with van der Waals surface area (Å²) in [5.74, 6) is 0.349. The molecule has 0 aliphatic rings. The zero-order valence-corrected chi connectivity index (χ0v) is 8.42. The second-order valence-electron chi connectivity index (χ2n) is 2.76. The molecule has 0 bridgehead atoms. The van der Waals surface area contributed by atoms with Gasteiger partial charge < -0.3 is 5.73 Å². The van der Waals surface area contributed by atoms with E-state index >= 15 is 0 Å². The van der Waals surface area contributed by atoms with Crippen molar-refractivity contribution >= 4 is 24.0 Å². The first kappa shape index (κ1) is 10.8. The minimum Gasteiger partial charge on any atom is -0.370 e. The highest BCUT2D eigenvalue weighted by molar-refractivity contribution is 7.99. The van der Waals surface area contributed by atoms with E-state index in [1.807, 2.05) is 12.1 Å². The molecular formula is C10H11NO2S. The molecule has 1 rings (SSSR count). The number of hydrogen-bond donors (Lipinski definition) is 1. The van der Waals surface area contributed by atoms with E-state index in [1.54, 1.807) is 12.1 Å². The first-order valence-corrected chi connectivity index (χ1v) is 5.17. The number of benzene rings is 1. The Morgan fingerprint density at radius 3 is 2.93 bits per heavy atom. The van der Waals surface area contributed by atoms with Crippen molar-refractivity contribution < 1.29 is 9.59 Å². The molecule has 3 nitrogen and oxygen atoms in total. The number of thioether (sulfide) groups is 1. The molecule has 0 aliphatic carbocycles. The highest BCUT2D eigenvalue weighted by Crippen LogP contribution is 2.19. The molecule has 0 atom stereocenters. The van der Waals surface area contributed by atoms with Crippen molar-refractivity contribution in [2.24, 2.45) is 5.73 Å². The summed E-state index contributed by atoms with van der Waals surface area (Å²) in [5, 5.41) is 0. The summed E-state index contributed by atoms with van der Waals surface area (Å²) < 4.78 is 0. The summed E-state index contributed by atoms with van der Waals surface area (Å²) in [4.78, 5) is 21.9. The maximum atomic E-state index is 10.5. The monoisotopic (exact) mass is 209 g/mol. The summed E-state index contributed by atoms with van der Waals surface area (Å²) in [6, 6.07) is 7.25. The van der Waals surface area contributed by atoms with Gasteiger partial charge in [0.25, 0.3) is 0 Å². The van der Waals surface area contributed by atoms with Crippen molar-refractivity contribution in [1.29, 1.82) is 0 Å². The molecule has 2 N–H and O–H groups in total. The zero-order valence-electron chi connectivity index (χ0n) is 7.60. The Bertz CT molecular complexity index is 339. The Morgan fingerprint density at radius 1 is 1.50 bits per heavy atom. The third-order valence-corrected chi connectivity index (χ3v) is 2.61. The highest BCUT2D eigenvalue weighted by Gasteiger charge is 1.98. The van der Waals surface area contributed by atoms with Crippen LogP contribution < -0.4 is 5.73 Å². The predicted molar refractivity (Wildman–Crippen MR) is 56.4 cm³/mol. The van der Waals surface area contributed by atoms with Crippen molar-refractivity contribution in [1.82, 2.24) is 0 Å². The Labute approximate surface area is 86.7 Å². The van der Waals surface area contributed by atoms with E-state index in [0.717, 1.165) is 11.2 Å². The molecule has 0 heterocycles. The lowest BCUT2D eigenvalue weighted by molar-refractivity contribution is -0.117. The Hall–Kier alpha value is -1.29. The first-order chi connectivity index (χ1) is 6.72. The fourth-order valence-electron chi connectivity index (χ4n) is 0.947. The first-order valence-electron chi connectivity index (χ1n) is 4.18. The van der Waals surface area contributed by atoms with Crippen molar-refractivity contribution in [2.75, 3.05) is 5.75 Å². The maximum Gasteiger partial charge on any atom is 0.218 e. The maximum absolute atomic E-state index is 10.5. The number of carbonyl (C=O) groups is 2. The molecule has 0 radical (unpaired) electrons. The fourth-order valence-corrected chi connectivity index (χ4v) is 1.88. The number of amides is 1. The molecule has 74 valence electrons. The average molecular weight is 209 g/mol. The Kier molecular flexibility index (Phi) is 4.19. The molecule has 0 aliphatic heterocycles. The van der Waals surface area contributed by atoms with Crippen molar-refractivity contribution in [3.8, 4) is 0 Å². The minimum absolute atomic E-state index is 0.302. The lowest BCUT2D eigenvalue weighted by Crippen LogP contribution is -2.10. The SMILES string of the molecule is NC(=O)CCSc1cccc(C=O)c1. The van der Waals surface area contributed by atoms with Crippen LogP contribution in [0.2, 0.25) is 0 Å². The molecule has 0 saturated heterocycles. The molecule has 0 spiro atoms. The predicted octanol–water partition coefficient (Wildman–Crippen LogP) is 1.47. The molecule has 0 unspecified atom stereocenters. The van der Waals surface area contributed by atoms with Crippen LogP contribution in [0.4, 0.5) is 0 Å². The lowest BCUT2D eigenvalue weighted by Gasteiger charge is -1.99. The third-order valence-electron chi connectivity index (χ3n) is 1.61. The van der Waals surface area contributed by atoms with E-state index in [9.17, 15) is 9.59 Å². The molecule has 0 fully saturated rings. The van der Waals surface area contributed by atoms with Gasteiger partial charge in [-0.3, -0.25) is 9.59 Å². The van der Waals surface area contributed by atoms with Crippen LogP contribution in [0.3, 0.4) is 0 Å². The van der Waals surface area contributed by atoms with E-state index < -0.39 is 0 Å². The van der Waals surface area contributed by atoms with Gasteiger partial charge in [0.2, 0.25) is 5.91 Å². The largest absolute Gasteiger partial charge is 0.370 e. The highest BCUT2D eigenvalue weighted by atomic mass is 32.2.